The van der Waals surface area contributed by atoms with Gasteiger partial charge in [0.2, 0.25) is 15.9 Å². The smallest absolute Gasteiger partial charge is 0.321 e. The van der Waals surface area contributed by atoms with Crippen LogP contribution in [0.3, 0.4) is 0 Å². The molecule has 23 heavy (non-hydrogen) atoms. The second-order valence-corrected chi connectivity index (χ2v) is 6.48. The summed E-state index contributed by atoms with van der Waals surface area (Å²) in [4.78, 5) is 31.0. The van der Waals surface area contributed by atoms with E-state index < -0.39 is 43.4 Å². The number of nitrogens with two attached hydrogens (primary N) is 1. The van der Waals surface area contributed by atoms with Crippen LogP contribution >= 0.6 is 11.6 Å². The number of nitro groups is 1. The van der Waals surface area contributed by atoms with Gasteiger partial charge in [-0.15, -0.1) is 0 Å². The zero-order valence-electron chi connectivity index (χ0n) is 11.4. The molecule has 1 aromatic rings. The number of rotatable bonds is 8. The third-order valence-corrected chi connectivity index (χ3v) is 4.64. The van der Waals surface area contributed by atoms with Gasteiger partial charge in [-0.05, 0) is 12.5 Å². The van der Waals surface area contributed by atoms with Crippen LogP contribution < -0.4 is 10.5 Å². The molecule has 4 N–H and O–H groups in total. The van der Waals surface area contributed by atoms with Crippen molar-refractivity contribution in [2.75, 3.05) is 0 Å². The number of halogens is 1. The van der Waals surface area contributed by atoms with E-state index in [4.69, 9.17) is 22.4 Å². The molecule has 0 heterocycles. The Labute approximate surface area is 135 Å². The van der Waals surface area contributed by atoms with E-state index in [1.54, 1.807) is 0 Å². The molecule has 0 aliphatic heterocycles. The molecule has 1 amide bonds. The SMILES string of the molecule is NC(=O)CC[C@@H](NS(=O)(=O)c1cc([N+](=O)[O-])ccc1Cl)C(=O)O. The zero-order chi connectivity index (χ0) is 17.8. The van der Waals surface area contributed by atoms with Crippen LogP contribution in [0.25, 0.3) is 0 Å². The predicted octanol–water partition coefficient (Wildman–Crippen LogP) is 0.245. The van der Waals surface area contributed by atoms with Gasteiger partial charge >= 0.3 is 5.97 Å². The number of carboxylic acids is 1. The minimum atomic E-state index is -4.46. The minimum absolute atomic E-state index is 0.317. The molecular weight excluding hydrogens is 354 g/mol. The van der Waals surface area contributed by atoms with Crippen molar-refractivity contribution >= 4 is 39.2 Å². The first-order valence-corrected chi connectivity index (χ1v) is 7.88. The molecule has 0 aromatic heterocycles. The normalized spacial score (nSPS) is 12.6. The van der Waals surface area contributed by atoms with Crippen molar-refractivity contribution in [1.29, 1.82) is 0 Å². The third kappa shape index (κ3) is 5.16. The van der Waals surface area contributed by atoms with E-state index in [1.807, 2.05) is 4.72 Å². The van der Waals surface area contributed by atoms with Gasteiger partial charge in [-0.25, -0.2) is 8.42 Å². The first-order valence-electron chi connectivity index (χ1n) is 6.02. The maximum absolute atomic E-state index is 12.2. The summed E-state index contributed by atoms with van der Waals surface area (Å²) in [5, 5.41) is 19.4. The molecule has 0 saturated heterocycles. The molecule has 0 saturated carbocycles. The maximum atomic E-state index is 12.2. The van der Waals surface area contributed by atoms with Crippen LogP contribution in [0.1, 0.15) is 12.8 Å². The van der Waals surface area contributed by atoms with Crippen LogP contribution in [0.15, 0.2) is 23.1 Å². The Morgan fingerprint density at radius 1 is 1.43 bits per heavy atom. The monoisotopic (exact) mass is 365 g/mol. The lowest BCUT2D eigenvalue weighted by molar-refractivity contribution is -0.385. The lowest BCUT2D eigenvalue weighted by Crippen LogP contribution is -2.41. The first kappa shape index (κ1) is 18.8. The van der Waals surface area contributed by atoms with Gasteiger partial charge in [-0.3, -0.25) is 19.7 Å². The van der Waals surface area contributed by atoms with Gasteiger partial charge in [0.1, 0.15) is 10.9 Å². The summed E-state index contributed by atoms with van der Waals surface area (Å²) < 4.78 is 26.2. The molecule has 126 valence electrons. The zero-order valence-corrected chi connectivity index (χ0v) is 13.0. The lowest BCUT2D eigenvalue weighted by Gasteiger charge is -2.14. The van der Waals surface area contributed by atoms with Gasteiger partial charge < -0.3 is 10.8 Å². The topological polar surface area (TPSA) is 170 Å². The van der Waals surface area contributed by atoms with Gasteiger partial charge in [0.15, 0.2) is 0 Å². The van der Waals surface area contributed by atoms with Gasteiger partial charge in [0.05, 0.1) is 9.95 Å². The predicted molar refractivity (Wildman–Crippen MR) is 78.3 cm³/mol. The van der Waals surface area contributed by atoms with E-state index in [2.05, 4.69) is 0 Å². The fraction of sp³-hybridized carbons (Fsp3) is 0.273. The molecule has 0 unspecified atom stereocenters. The van der Waals surface area contributed by atoms with Crippen LogP contribution in [0.5, 0.6) is 0 Å². The summed E-state index contributed by atoms with van der Waals surface area (Å²) in [5.41, 5.74) is 4.36. The Morgan fingerprint density at radius 3 is 2.52 bits per heavy atom. The number of carboxylic acid groups (broad SMARTS) is 1. The largest absolute Gasteiger partial charge is 0.480 e. The van der Waals surface area contributed by atoms with Crippen molar-refractivity contribution in [2.45, 2.75) is 23.8 Å². The molecule has 1 atom stereocenters. The number of carbonyl (C=O) groups excluding carboxylic acids is 1. The Bertz CT molecular complexity index is 750. The van der Waals surface area contributed by atoms with Gasteiger partial charge in [-0.1, -0.05) is 11.6 Å². The number of nitrogens with one attached hydrogen (secondary N) is 1. The Kier molecular flexibility index (Phi) is 6.01. The van der Waals surface area contributed by atoms with E-state index >= 15 is 0 Å². The number of benzene rings is 1. The van der Waals surface area contributed by atoms with Gasteiger partial charge in [0, 0.05) is 18.6 Å². The molecule has 1 aromatic carbocycles. The average molecular weight is 366 g/mol. The number of carbonyl (C=O) groups is 2. The highest BCUT2D eigenvalue weighted by molar-refractivity contribution is 7.89. The molecule has 0 aliphatic rings. The van der Waals surface area contributed by atoms with Crippen LogP contribution in [-0.4, -0.2) is 36.4 Å². The Balaban J connectivity index is 3.14. The van der Waals surface area contributed by atoms with Crippen LogP contribution in [0, 0.1) is 10.1 Å². The summed E-state index contributed by atoms with van der Waals surface area (Å²) in [6.45, 7) is 0. The highest BCUT2D eigenvalue weighted by Crippen LogP contribution is 2.26. The van der Waals surface area contributed by atoms with Crippen molar-refractivity contribution in [3.63, 3.8) is 0 Å². The number of hydrogen-bond donors (Lipinski definition) is 3. The van der Waals surface area contributed by atoms with E-state index in [0.717, 1.165) is 12.1 Å². The Morgan fingerprint density at radius 2 is 2.04 bits per heavy atom. The summed E-state index contributed by atoms with van der Waals surface area (Å²) in [6.07, 6.45) is -0.738. The number of primary amides is 1. The summed E-state index contributed by atoms with van der Waals surface area (Å²) in [5.74, 6) is -2.33. The lowest BCUT2D eigenvalue weighted by atomic mass is 10.2. The highest BCUT2D eigenvalue weighted by Gasteiger charge is 2.28. The molecule has 1 rings (SSSR count). The van der Waals surface area contributed by atoms with Gasteiger partial charge in [-0.2, -0.15) is 4.72 Å². The molecule has 0 bridgehead atoms. The van der Waals surface area contributed by atoms with E-state index in [1.165, 1.54) is 0 Å². The van der Waals surface area contributed by atoms with E-state index in [9.17, 15) is 28.1 Å². The fourth-order valence-electron chi connectivity index (χ4n) is 1.58. The maximum Gasteiger partial charge on any atom is 0.321 e. The summed E-state index contributed by atoms with van der Waals surface area (Å²) in [7, 11) is -4.46. The molecule has 10 nitrogen and oxygen atoms in total. The quantitative estimate of drug-likeness (QED) is 0.437. The summed E-state index contributed by atoms with van der Waals surface area (Å²) >= 11 is 5.71. The van der Waals surface area contributed by atoms with Crippen LogP contribution in [0.4, 0.5) is 5.69 Å². The third-order valence-electron chi connectivity index (χ3n) is 2.69. The van der Waals surface area contributed by atoms with Crippen molar-refractivity contribution in [2.24, 2.45) is 5.73 Å². The molecule has 0 spiro atoms. The molecular formula is C11H12ClN3O7S. The van der Waals surface area contributed by atoms with Crippen LogP contribution in [-0.2, 0) is 19.6 Å². The second-order valence-electron chi connectivity index (χ2n) is 4.39. The molecule has 0 aliphatic carbocycles. The number of non-ortho nitro benzene ring substituents is 1. The van der Waals surface area contributed by atoms with E-state index in [-0.39, 0.29) is 17.9 Å². The van der Waals surface area contributed by atoms with E-state index in [0.29, 0.717) is 6.07 Å². The number of nitrogens with zero attached hydrogens (tertiary/aromatic N) is 1. The van der Waals surface area contributed by atoms with Crippen molar-refractivity contribution in [3.8, 4) is 0 Å². The van der Waals surface area contributed by atoms with Crippen LogP contribution in [0.2, 0.25) is 5.02 Å². The van der Waals surface area contributed by atoms with Gasteiger partial charge in [0.25, 0.3) is 5.69 Å². The number of aliphatic carboxylic acids is 1. The second kappa shape index (κ2) is 7.35. The average Bonchev–Trinajstić information content (AvgIpc) is 2.42. The first-order chi connectivity index (χ1) is 10.5. The van der Waals surface area contributed by atoms with Crippen molar-refractivity contribution < 1.29 is 28.0 Å². The number of amides is 1. The van der Waals surface area contributed by atoms with Crippen molar-refractivity contribution in [3.05, 3.63) is 33.3 Å². The number of sulfonamides is 1. The van der Waals surface area contributed by atoms with Crippen molar-refractivity contribution in [1.82, 2.24) is 4.72 Å². The summed E-state index contributed by atoms with van der Waals surface area (Å²) in [6, 6.07) is 1.08. The molecule has 12 heteroatoms. The number of hydrogen-bond acceptors (Lipinski definition) is 6. The molecule has 0 radical (unpaired) electrons. The fourth-order valence-corrected chi connectivity index (χ4v) is 3.32. The molecule has 0 fully saturated rings. The number of nitro benzene ring substituents is 1. The Hall–Kier alpha value is -2.24. The minimum Gasteiger partial charge on any atom is -0.480 e. The standard InChI is InChI=1S/C11H12ClN3O7S/c12-7-2-1-6(15(19)20)5-9(7)23(21,22)14-8(11(17)18)3-4-10(13)16/h1-2,5,8,14H,3-4H2,(H2,13,16)(H,17,18)/t8-/m1/s1. The highest BCUT2D eigenvalue weighted by atomic mass is 35.5.